The fourth-order valence-corrected chi connectivity index (χ4v) is 3.43. The van der Waals surface area contributed by atoms with Crippen LogP contribution in [0.25, 0.3) is 0 Å². The van der Waals surface area contributed by atoms with Crippen molar-refractivity contribution in [1.29, 1.82) is 0 Å². The lowest BCUT2D eigenvalue weighted by Gasteiger charge is -2.01. The zero-order chi connectivity index (χ0) is 19.0. The number of allylic oxidation sites excluding steroid dienone is 4. The van der Waals surface area contributed by atoms with Crippen molar-refractivity contribution in [2.24, 2.45) is 0 Å². The summed E-state index contributed by atoms with van der Waals surface area (Å²) < 4.78 is 0. The Labute approximate surface area is 166 Å². The SMILES string of the molecule is CCCCCCCCCCC=C/[C]=C/CCCCCCCCCCCC. The highest BCUT2D eigenvalue weighted by atomic mass is 14.0. The van der Waals surface area contributed by atoms with Crippen LogP contribution in [0.15, 0.2) is 18.2 Å². The van der Waals surface area contributed by atoms with Crippen molar-refractivity contribution in [3.63, 3.8) is 0 Å². The zero-order valence-corrected chi connectivity index (χ0v) is 18.4. The Balaban J connectivity index is 3.14. The molecule has 0 spiro atoms. The molecule has 1 radical (unpaired) electrons. The predicted octanol–water partition coefficient (Wildman–Crippen LogP) is 9.74. The summed E-state index contributed by atoms with van der Waals surface area (Å²) in [6, 6.07) is 0. The highest BCUT2D eigenvalue weighted by Gasteiger charge is 1.92. The summed E-state index contributed by atoms with van der Waals surface area (Å²) in [7, 11) is 0. The van der Waals surface area contributed by atoms with Gasteiger partial charge in [0.15, 0.2) is 0 Å². The van der Waals surface area contributed by atoms with E-state index in [0.29, 0.717) is 0 Å². The van der Waals surface area contributed by atoms with E-state index in [2.05, 4.69) is 38.2 Å². The number of hydrogen-bond acceptors (Lipinski definition) is 0. The molecule has 0 N–H and O–H groups in total. The molecule has 26 heavy (non-hydrogen) atoms. The van der Waals surface area contributed by atoms with E-state index in [-0.39, 0.29) is 0 Å². The van der Waals surface area contributed by atoms with E-state index in [1.165, 1.54) is 128 Å². The average molecular weight is 362 g/mol. The van der Waals surface area contributed by atoms with Crippen LogP contribution in [0, 0.1) is 6.08 Å². The van der Waals surface area contributed by atoms with Gasteiger partial charge in [-0.2, -0.15) is 0 Å². The van der Waals surface area contributed by atoms with Crippen molar-refractivity contribution in [2.45, 2.75) is 142 Å². The first-order valence-electron chi connectivity index (χ1n) is 12.1. The maximum Gasteiger partial charge on any atom is -0.0230 e. The largest absolute Gasteiger partial charge is 0.0839 e. The minimum absolute atomic E-state index is 1.21. The summed E-state index contributed by atoms with van der Waals surface area (Å²) in [5.74, 6) is 0. The van der Waals surface area contributed by atoms with Crippen molar-refractivity contribution in [3.8, 4) is 0 Å². The van der Waals surface area contributed by atoms with Crippen LogP contribution in [0.5, 0.6) is 0 Å². The second-order valence-corrected chi connectivity index (χ2v) is 8.01. The molecular weight excluding hydrogens is 312 g/mol. The summed E-state index contributed by atoms with van der Waals surface area (Å²) in [5, 5.41) is 0. The minimum Gasteiger partial charge on any atom is -0.0839 e. The van der Waals surface area contributed by atoms with Crippen LogP contribution in [-0.4, -0.2) is 0 Å². The lowest BCUT2D eigenvalue weighted by molar-refractivity contribution is 0.557. The highest BCUT2D eigenvalue weighted by Crippen LogP contribution is 2.12. The molecule has 0 heterocycles. The molecule has 0 rings (SSSR count). The lowest BCUT2D eigenvalue weighted by atomic mass is 10.1. The fraction of sp³-hybridized carbons (Fsp3) is 0.846. The number of unbranched alkanes of at least 4 members (excludes halogenated alkanes) is 18. The maximum atomic E-state index is 3.34. The first-order chi connectivity index (χ1) is 12.9. The van der Waals surface area contributed by atoms with Crippen LogP contribution in [-0.2, 0) is 0 Å². The first kappa shape index (κ1) is 25.5. The van der Waals surface area contributed by atoms with Gasteiger partial charge >= 0.3 is 0 Å². The van der Waals surface area contributed by atoms with Crippen molar-refractivity contribution >= 4 is 0 Å². The van der Waals surface area contributed by atoms with Gasteiger partial charge in [-0.15, -0.1) is 0 Å². The number of hydrogen-bond donors (Lipinski definition) is 0. The van der Waals surface area contributed by atoms with Gasteiger partial charge in [0.1, 0.15) is 0 Å². The topological polar surface area (TPSA) is 0 Å². The van der Waals surface area contributed by atoms with Gasteiger partial charge in [-0.1, -0.05) is 135 Å². The molecule has 0 aromatic rings. The van der Waals surface area contributed by atoms with Crippen LogP contribution >= 0.6 is 0 Å². The maximum absolute atomic E-state index is 3.34. The molecule has 0 atom stereocenters. The van der Waals surface area contributed by atoms with Crippen LogP contribution in [0.3, 0.4) is 0 Å². The molecule has 0 amide bonds. The Kier molecular flexibility index (Phi) is 24.0. The first-order valence-corrected chi connectivity index (χ1v) is 12.1. The molecule has 0 saturated carbocycles. The third-order valence-electron chi connectivity index (χ3n) is 5.26. The molecule has 0 unspecified atom stereocenters. The summed E-state index contributed by atoms with van der Waals surface area (Å²) in [4.78, 5) is 0. The molecule has 0 nitrogen and oxygen atoms in total. The molecule has 0 aromatic heterocycles. The predicted molar refractivity (Wildman–Crippen MR) is 121 cm³/mol. The van der Waals surface area contributed by atoms with Crippen molar-refractivity contribution in [3.05, 3.63) is 24.3 Å². The summed E-state index contributed by atoms with van der Waals surface area (Å²) >= 11 is 0. The van der Waals surface area contributed by atoms with E-state index in [1.54, 1.807) is 0 Å². The normalized spacial score (nSPS) is 11.9. The molecule has 153 valence electrons. The number of rotatable bonds is 21. The molecule has 0 bridgehead atoms. The Morgan fingerprint density at radius 2 is 0.846 bits per heavy atom. The Hall–Kier alpha value is -0.520. The van der Waals surface area contributed by atoms with E-state index < -0.39 is 0 Å². The van der Waals surface area contributed by atoms with Gasteiger partial charge in [-0.3, -0.25) is 0 Å². The smallest absolute Gasteiger partial charge is 0.0230 e. The molecular formula is C26H49. The van der Waals surface area contributed by atoms with E-state index >= 15 is 0 Å². The average Bonchev–Trinajstić information content (AvgIpc) is 2.66. The molecule has 0 heteroatoms. The minimum atomic E-state index is 1.21. The fourth-order valence-electron chi connectivity index (χ4n) is 3.43. The van der Waals surface area contributed by atoms with Gasteiger partial charge in [0.25, 0.3) is 0 Å². The van der Waals surface area contributed by atoms with Gasteiger partial charge in [-0.25, -0.2) is 0 Å². The third kappa shape index (κ3) is 23.5. The van der Waals surface area contributed by atoms with E-state index in [1.807, 2.05) is 0 Å². The second-order valence-electron chi connectivity index (χ2n) is 8.01. The third-order valence-corrected chi connectivity index (χ3v) is 5.26. The second kappa shape index (κ2) is 24.5. The van der Waals surface area contributed by atoms with Crippen molar-refractivity contribution in [1.82, 2.24) is 0 Å². The monoisotopic (exact) mass is 361 g/mol. The van der Waals surface area contributed by atoms with Crippen LogP contribution in [0.1, 0.15) is 142 Å². The zero-order valence-electron chi connectivity index (χ0n) is 18.4. The van der Waals surface area contributed by atoms with Crippen molar-refractivity contribution < 1.29 is 0 Å². The summed E-state index contributed by atoms with van der Waals surface area (Å²) in [6.07, 6.45) is 37.9. The van der Waals surface area contributed by atoms with Crippen LogP contribution in [0.2, 0.25) is 0 Å². The van der Waals surface area contributed by atoms with Gasteiger partial charge in [0.2, 0.25) is 0 Å². The molecule has 0 aliphatic heterocycles. The van der Waals surface area contributed by atoms with Crippen molar-refractivity contribution in [2.75, 3.05) is 0 Å². The highest BCUT2D eigenvalue weighted by molar-refractivity contribution is 4.94. The summed E-state index contributed by atoms with van der Waals surface area (Å²) in [6.45, 7) is 4.58. The van der Waals surface area contributed by atoms with Crippen LogP contribution in [0.4, 0.5) is 0 Å². The van der Waals surface area contributed by atoms with Crippen LogP contribution < -0.4 is 0 Å². The molecule has 0 aliphatic rings. The quantitative estimate of drug-likeness (QED) is 0.141. The Morgan fingerprint density at radius 1 is 0.462 bits per heavy atom. The molecule has 0 saturated heterocycles. The van der Waals surface area contributed by atoms with Gasteiger partial charge < -0.3 is 0 Å². The van der Waals surface area contributed by atoms with E-state index in [9.17, 15) is 0 Å². The van der Waals surface area contributed by atoms with E-state index in [0.717, 1.165) is 0 Å². The lowest BCUT2D eigenvalue weighted by Crippen LogP contribution is -1.81. The van der Waals surface area contributed by atoms with E-state index in [4.69, 9.17) is 0 Å². The molecule has 0 aromatic carbocycles. The summed E-state index contributed by atoms with van der Waals surface area (Å²) in [5.41, 5.74) is 0. The standard InChI is InChI=1S/C26H49/c1-3-5-7-9-11-13-15-17-19-21-23-25-26-24-22-20-18-16-14-12-10-8-6-4-2/h21,23,26H,3-20,22,24H2,1-2H3. The Bertz CT molecular complexity index is 286. The molecule has 0 aliphatic carbocycles. The Morgan fingerprint density at radius 3 is 1.31 bits per heavy atom. The molecule has 0 fully saturated rings. The van der Waals surface area contributed by atoms with Gasteiger partial charge in [0.05, 0.1) is 0 Å². The van der Waals surface area contributed by atoms with Gasteiger partial charge in [0, 0.05) is 0 Å². The van der Waals surface area contributed by atoms with Gasteiger partial charge in [-0.05, 0) is 31.8 Å².